The molecule has 0 fully saturated rings. The number of nitrogens with one attached hydrogen (secondary N) is 1. The number of benzene rings is 1. The zero-order chi connectivity index (χ0) is 13.2. The highest BCUT2D eigenvalue weighted by Crippen LogP contribution is 2.34. The Morgan fingerprint density at radius 3 is 2.95 bits per heavy atom. The van der Waals surface area contributed by atoms with Crippen molar-refractivity contribution in [2.45, 2.75) is 16.5 Å². The van der Waals surface area contributed by atoms with Gasteiger partial charge in [0.05, 0.1) is 18.0 Å². The Labute approximate surface area is 118 Å². The van der Waals surface area contributed by atoms with Gasteiger partial charge in [-0.25, -0.2) is 15.0 Å². The normalized spacial score (nSPS) is 11.1. The number of rotatable bonds is 3. The molecule has 0 spiro atoms. The van der Waals surface area contributed by atoms with Crippen LogP contribution in [0.25, 0.3) is 11.2 Å². The number of hydrogen-bond acceptors (Lipinski definition) is 5. The van der Waals surface area contributed by atoms with E-state index in [1.165, 1.54) is 18.1 Å². The first-order valence-electron chi connectivity index (χ1n) is 5.49. The van der Waals surface area contributed by atoms with Crippen LogP contribution in [0.5, 0.6) is 0 Å². The third-order valence-electron chi connectivity index (χ3n) is 2.57. The summed E-state index contributed by atoms with van der Waals surface area (Å²) in [4.78, 5) is 16.3. The van der Waals surface area contributed by atoms with Gasteiger partial charge in [0.25, 0.3) is 0 Å². The minimum Gasteiger partial charge on any atom is -0.392 e. The highest BCUT2D eigenvalue weighted by atomic mass is 35.5. The average Bonchev–Trinajstić information content (AvgIpc) is 2.90. The molecule has 7 heteroatoms. The summed E-state index contributed by atoms with van der Waals surface area (Å²) in [6, 6.07) is 5.44. The third-order valence-corrected chi connectivity index (χ3v) is 4.08. The van der Waals surface area contributed by atoms with Crippen molar-refractivity contribution >= 4 is 34.5 Å². The molecule has 0 atom stereocenters. The van der Waals surface area contributed by atoms with E-state index in [1.54, 1.807) is 12.4 Å². The number of halogens is 1. The summed E-state index contributed by atoms with van der Waals surface area (Å²) in [5, 5.41) is 10.4. The van der Waals surface area contributed by atoms with Crippen LogP contribution in [0, 0.1) is 0 Å². The standard InChI is InChI=1S/C12H9ClN4OS/c13-8-3-7(4-18)1-2-9(8)19-12-10-11(15-5-14-10)16-6-17-12/h1-3,5-6,18H,4H2,(H,14,15,16,17). The number of aromatic nitrogens is 4. The van der Waals surface area contributed by atoms with Gasteiger partial charge in [0, 0.05) is 4.90 Å². The van der Waals surface area contributed by atoms with E-state index in [2.05, 4.69) is 19.9 Å². The predicted molar refractivity (Wildman–Crippen MR) is 73.2 cm³/mol. The van der Waals surface area contributed by atoms with Crippen molar-refractivity contribution in [3.8, 4) is 0 Å². The zero-order valence-electron chi connectivity index (χ0n) is 9.67. The molecule has 5 nitrogen and oxygen atoms in total. The van der Waals surface area contributed by atoms with Gasteiger partial charge in [0.1, 0.15) is 16.9 Å². The van der Waals surface area contributed by atoms with Crippen molar-refractivity contribution in [3.05, 3.63) is 41.4 Å². The van der Waals surface area contributed by atoms with Crippen molar-refractivity contribution in [2.24, 2.45) is 0 Å². The molecule has 19 heavy (non-hydrogen) atoms. The molecule has 0 aliphatic carbocycles. The summed E-state index contributed by atoms with van der Waals surface area (Å²) >= 11 is 7.61. The van der Waals surface area contributed by atoms with Gasteiger partial charge in [-0.3, -0.25) is 0 Å². The van der Waals surface area contributed by atoms with Crippen LogP contribution in [0.4, 0.5) is 0 Å². The van der Waals surface area contributed by atoms with Gasteiger partial charge in [-0.05, 0) is 17.7 Å². The Kier molecular flexibility index (Phi) is 3.37. The van der Waals surface area contributed by atoms with E-state index in [0.717, 1.165) is 21.0 Å². The zero-order valence-corrected chi connectivity index (χ0v) is 11.2. The summed E-state index contributed by atoms with van der Waals surface area (Å²) in [6.07, 6.45) is 3.06. The second-order valence-corrected chi connectivity index (χ2v) is 5.24. The lowest BCUT2D eigenvalue weighted by molar-refractivity contribution is 0.282. The average molecular weight is 293 g/mol. The van der Waals surface area contributed by atoms with E-state index in [4.69, 9.17) is 16.7 Å². The molecule has 3 aromatic rings. The van der Waals surface area contributed by atoms with E-state index in [0.29, 0.717) is 10.7 Å². The van der Waals surface area contributed by atoms with Gasteiger partial charge in [-0.1, -0.05) is 29.4 Å². The van der Waals surface area contributed by atoms with Crippen LogP contribution in [-0.2, 0) is 6.61 Å². The van der Waals surface area contributed by atoms with Crippen LogP contribution >= 0.6 is 23.4 Å². The summed E-state index contributed by atoms with van der Waals surface area (Å²) in [5.41, 5.74) is 2.19. The maximum atomic E-state index is 9.06. The molecular formula is C12H9ClN4OS. The van der Waals surface area contributed by atoms with Crippen LogP contribution in [0.3, 0.4) is 0 Å². The highest BCUT2D eigenvalue weighted by Gasteiger charge is 2.10. The smallest absolute Gasteiger partial charge is 0.181 e. The second-order valence-electron chi connectivity index (χ2n) is 3.80. The van der Waals surface area contributed by atoms with Crippen LogP contribution in [0.2, 0.25) is 5.02 Å². The fourth-order valence-electron chi connectivity index (χ4n) is 1.65. The summed E-state index contributed by atoms with van der Waals surface area (Å²) in [6.45, 7) is -0.0248. The maximum absolute atomic E-state index is 9.06. The van der Waals surface area contributed by atoms with Crippen molar-refractivity contribution in [1.29, 1.82) is 0 Å². The number of aliphatic hydroxyl groups is 1. The van der Waals surface area contributed by atoms with Crippen LogP contribution in [-0.4, -0.2) is 25.0 Å². The summed E-state index contributed by atoms with van der Waals surface area (Å²) in [7, 11) is 0. The number of H-pyrrole nitrogens is 1. The van der Waals surface area contributed by atoms with Crippen LogP contribution < -0.4 is 0 Å². The lowest BCUT2D eigenvalue weighted by atomic mass is 10.2. The molecule has 0 bridgehead atoms. The number of imidazole rings is 1. The number of hydrogen-bond donors (Lipinski definition) is 2. The molecule has 2 aromatic heterocycles. The van der Waals surface area contributed by atoms with Gasteiger partial charge < -0.3 is 10.1 Å². The number of fused-ring (bicyclic) bond motifs is 1. The molecule has 0 unspecified atom stereocenters. The molecule has 0 radical (unpaired) electrons. The van der Waals surface area contributed by atoms with Crippen LogP contribution in [0.1, 0.15) is 5.56 Å². The van der Waals surface area contributed by atoms with E-state index < -0.39 is 0 Å². The van der Waals surface area contributed by atoms with Gasteiger partial charge in [0.15, 0.2) is 5.65 Å². The minimum atomic E-state index is -0.0248. The first-order valence-corrected chi connectivity index (χ1v) is 6.68. The Balaban J connectivity index is 1.99. The molecule has 0 saturated heterocycles. The van der Waals surface area contributed by atoms with Crippen molar-refractivity contribution in [3.63, 3.8) is 0 Å². The van der Waals surface area contributed by atoms with E-state index >= 15 is 0 Å². The first-order chi connectivity index (χ1) is 9.28. The fraction of sp³-hybridized carbons (Fsp3) is 0.0833. The van der Waals surface area contributed by atoms with Gasteiger partial charge in [-0.15, -0.1) is 0 Å². The predicted octanol–water partition coefficient (Wildman–Crippen LogP) is 2.65. The topological polar surface area (TPSA) is 74.7 Å². The number of aromatic amines is 1. The molecule has 0 aliphatic heterocycles. The third kappa shape index (κ3) is 2.42. The first kappa shape index (κ1) is 12.4. The van der Waals surface area contributed by atoms with Gasteiger partial charge in [-0.2, -0.15) is 0 Å². The Bertz CT molecular complexity index is 731. The van der Waals surface area contributed by atoms with E-state index in [1.807, 2.05) is 12.1 Å². The molecule has 0 amide bonds. The van der Waals surface area contributed by atoms with Crippen molar-refractivity contribution in [2.75, 3.05) is 0 Å². The monoisotopic (exact) mass is 292 g/mol. The minimum absolute atomic E-state index is 0.0248. The summed E-state index contributed by atoms with van der Waals surface area (Å²) < 4.78 is 0. The van der Waals surface area contributed by atoms with Crippen molar-refractivity contribution in [1.82, 2.24) is 19.9 Å². The quantitative estimate of drug-likeness (QED) is 0.726. The molecule has 0 saturated carbocycles. The Morgan fingerprint density at radius 2 is 2.16 bits per heavy atom. The lowest BCUT2D eigenvalue weighted by Gasteiger charge is -2.05. The van der Waals surface area contributed by atoms with E-state index in [-0.39, 0.29) is 6.61 Å². The lowest BCUT2D eigenvalue weighted by Crippen LogP contribution is -1.87. The van der Waals surface area contributed by atoms with Crippen molar-refractivity contribution < 1.29 is 5.11 Å². The molecular weight excluding hydrogens is 284 g/mol. The second kappa shape index (κ2) is 5.16. The van der Waals surface area contributed by atoms with Crippen LogP contribution in [0.15, 0.2) is 40.8 Å². The molecule has 96 valence electrons. The largest absolute Gasteiger partial charge is 0.392 e. The van der Waals surface area contributed by atoms with Gasteiger partial charge in [0.2, 0.25) is 0 Å². The SMILES string of the molecule is OCc1ccc(Sc2ncnc3nc[nH]c23)c(Cl)c1. The highest BCUT2D eigenvalue weighted by molar-refractivity contribution is 7.99. The fourth-order valence-corrected chi connectivity index (χ4v) is 2.82. The number of nitrogens with zero attached hydrogens (tertiary/aromatic N) is 3. The van der Waals surface area contributed by atoms with Gasteiger partial charge >= 0.3 is 0 Å². The molecule has 3 rings (SSSR count). The molecule has 2 heterocycles. The maximum Gasteiger partial charge on any atom is 0.181 e. The Morgan fingerprint density at radius 1 is 1.26 bits per heavy atom. The molecule has 2 N–H and O–H groups in total. The molecule has 0 aliphatic rings. The summed E-state index contributed by atoms with van der Waals surface area (Å²) in [5.74, 6) is 0. The number of aliphatic hydroxyl groups excluding tert-OH is 1. The van der Waals surface area contributed by atoms with E-state index in [9.17, 15) is 0 Å². The Hall–Kier alpha value is -1.63. The molecule has 1 aromatic carbocycles.